The summed E-state index contributed by atoms with van der Waals surface area (Å²) in [6, 6.07) is 3.50. The summed E-state index contributed by atoms with van der Waals surface area (Å²) in [6.07, 6.45) is 0.948. The molecule has 0 radical (unpaired) electrons. The van der Waals surface area contributed by atoms with Crippen molar-refractivity contribution in [1.29, 1.82) is 0 Å². The Labute approximate surface area is 85.6 Å². The monoisotopic (exact) mass is 245 g/mol. The normalized spacial score (nSPS) is 12.8. The van der Waals surface area contributed by atoms with Crippen LogP contribution in [0.3, 0.4) is 0 Å². The number of halogens is 1. The molecule has 72 valence electrons. The molecule has 0 saturated heterocycles. The van der Waals surface area contributed by atoms with Crippen LogP contribution >= 0.6 is 15.9 Å². The van der Waals surface area contributed by atoms with Crippen LogP contribution in [0, 0.1) is 0 Å². The first-order valence-electron chi connectivity index (χ1n) is 3.95. The number of furan rings is 1. The second-order valence-corrected chi connectivity index (χ2v) is 3.80. The molecule has 4 heteroatoms. The Hall–Kier alpha value is -0.580. The molecule has 0 aromatic carbocycles. The molecule has 1 unspecified atom stereocenters. The number of nitrogens with one attached hydrogen (secondary N) is 1. The third kappa shape index (κ3) is 3.76. The minimum Gasteiger partial charge on any atom is -0.467 e. The molecular weight excluding hydrogens is 234 g/mol. The first-order valence-corrected chi connectivity index (χ1v) is 4.75. The zero-order chi connectivity index (χ0) is 9.68. The fourth-order valence-electron chi connectivity index (χ4n) is 0.926. The summed E-state index contributed by atoms with van der Waals surface area (Å²) in [5.41, 5.74) is 0. The van der Waals surface area contributed by atoms with Gasteiger partial charge >= 0.3 is 0 Å². The fourth-order valence-corrected chi connectivity index (χ4v) is 1.12. The first-order chi connectivity index (χ1) is 6.20. The topological polar surface area (TPSA) is 45.4 Å². The number of aliphatic hydroxyl groups excluding tert-OH is 1. The summed E-state index contributed by atoms with van der Waals surface area (Å²) in [5, 5.41) is 12.5. The van der Waals surface area contributed by atoms with Crippen LogP contribution in [-0.2, 0) is 0 Å². The van der Waals surface area contributed by atoms with Gasteiger partial charge < -0.3 is 14.8 Å². The van der Waals surface area contributed by atoms with Crippen molar-refractivity contribution in [2.45, 2.75) is 6.10 Å². The zero-order valence-electron chi connectivity index (χ0n) is 7.16. The lowest BCUT2D eigenvalue weighted by Crippen LogP contribution is -2.22. The molecule has 2 N–H and O–H groups in total. The van der Waals surface area contributed by atoms with Crippen LogP contribution in [0.5, 0.6) is 0 Å². The number of hydrogen-bond acceptors (Lipinski definition) is 3. The van der Waals surface area contributed by atoms with E-state index in [0.717, 1.165) is 4.48 Å². The quantitative estimate of drug-likeness (QED) is 0.832. The van der Waals surface area contributed by atoms with Crippen LogP contribution in [0.4, 0.5) is 0 Å². The van der Waals surface area contributed by atoms with Crippen molar-refractivity contribution < 1.29 is 9.52 Å². The highest BCUT2D eigenvalue weighted by Crippen LogP contribution is 2.11. The van der Waals surface area contributed by atoms with E-state index in [1.54, 1.807) is 18.4 Å². The summed E-state index contributed by atoms with van der Waals surface area (Å²) < 4.78 is 5.89. The standard InChI is InChI=1S/C9H12BrNO2/c1-7(10)5-11-6-8(12)9-3-2-4-13-9/h2-4,8,11-12H,1,5-6H2. The van der Waals surface area contributed by atoms with Crippen LogP contribution in [0.2, 0.25) is 0 Å². The highest BCUT2D eigenvalue weighted by molar-refractivity contribution is 9.11. The second-order valence-electron chi connectivity index (χ2n) is 2.68. The highest BCUT2D eigenvalue weighted by atomic mass is 79.9. The highest BCUT2D eigenvalue weighted by Gasteiger charge is 2.08. The Morgan fingerprint density at radius 1 is 1.77 bits per heavy atom. The summed E-state index contributed by atoms with van der Waals surface area (Å²) in [6.45, 7) is 4.76. The van der Waals surface area contributed by atoms with E-state index in [1.165, 1.54) is 0 Å². The third-order valence-electron chi connectivity index (χ3n) is 1.53. The van der Waals surface area contributed by atoms with Crippen LogP contribution in [-0.4, -0.2) is 18.2 Å². The molecule has 1 heterocycles. The molecule has 1 atom stereocenters. The van der Waals surface area contributed by atoms with E-state index >= 15 is 0 Å². The maximum absolute atomic E-state index is 9.52. The van der Waals surface area contributed by atoms with Crippen LogP contribution < -0.4 is 5.32 Å². The lowest BCUT2D eigenvalue weighted by atomic mass is 10.3. The van der Waals surface area contributed by atoms with Gasteiger partial charge in [-0.15, -0.1) is 0 Å². The number of hydrogen-bond donors (Lipinski definition) is 2. The van der Waals surface area contributed by atoms with E-state index in [0.29, 0.717) is 18.8 Å². The largest absolute Gasteiger partial charge is 0.467 e. The Kier molecular flexibility index (Phi) is 4.21. The van der Waals surface area contributed by atoms with E-state index in [2.05, 4.69) is 27.8 Å². The van der Waals surface area contributed by atoms with Gasteiger partial charge in [-0.1, -0.05) is 22.5 Å². The van der Waals surface area contributed by atoms with E-state index in [-0.39, 0.29) is 0 Å². The minimum atomic E-state index is -0.596. The SMILES string of the molecule is C=C(Br)CNCC(O)c1ccco1. The fraction of sp³-hybridized carbons (Fsp3) is 0.333. The molecule has 0 amide bonds. The van der Waals surface area contributed by atoms with Crippen molar-refractivity contribution >= 4 is 15.9 Å². The van der Waals surface area contributed by atoms with Gasteiger partial charge in [0, 0.05) is 17.6 Å². The predicted molar refractivity (Wildman–Crippen MR) is 54.6 cm³/mol. The smallest absolute Gasteiger partial charge is 0.133 e. The van der Waals surface area contributed by atoms with Crippen LogP contribution in [0.1, 0.15) is 11.9 Å². The zero-order valence-corrected chi connectivity index (χ0v) is 8.75. The van der Waals surface area contributed by atoms with Gasteiger partial charge in [0.15, 0.2) is 0 Å². The Morgan fingerprint density at radius 2 is 2.54 bits per heavy atom. The Bertz CT molecular complexity index is 259. The van der Waals surface area contributed by atoms with Crippen molar-refractivity contribution in [3.63, 3.8) is 0 Å². The molecule has 0 aliphatic rings. The van der Waals surface area contributed by atoms with Crippen LogP contribution in [0.25, 0.3) is 0 Å². The lowest BCUT2D eigenvalue weighted by Gasteiger charge is -2.08. The average molecular weight is 246 g/mol. The number of aliphatic hydroxyl groups is 1. The summed E-state index contributed by atoms with van der Waals surface area (Å²) in [7, 11) is 0. The van der Waals surface area contributed by atoms with Crippen molar-refractivity contribution in [2.75, 3.05) is 13.1 Å². The van der Waals surface area contributed by atoms with E-state index in [9.17, 15) is 5.11 Å². The molecular formula is C9H12BrNO2. The third-order valence-corrected chi connectivity index (χ3v) is 1.81. The van der Waals surface area contributed by atoms with Gasteiger partial charge in [-0.3, -0.25) is 0 Å². The Morgan fingerprint density at radius 3 is 3.08 bits per heavy atom. The molecule has 0 aliphatic carbocycles. The van der Waals surface area contributed by atoms with E-state index in [4.69, 9.17) is 4.42 Å². The molecule has 13 heavy (non-hydrogen) atoms. The molecule has 1 aromatic heterocycles. The predicted octanol–water partition coefficient (Wildman–Crippen LogP) is 1.81. The van der Waals surface area contributed by atoms with Crippen molar-refractivity contribution in [3.05, 3.63) is 35.2 Å². The summed E-state index contributed by atoms with van der Waals surface area (Å²) >= 11 is 3.21. The maximum atomic E-state index is 9.52. The van der Waals surface area contributed by atoms with Gasteiger partial charge in [0.1, 0.15) is 11.9 Å². The minimum absolute atomic E-state index is 0.456. The van der Waals surface area contributed by atoms with E-state index < -0.39 is 6.10 Å². The van der Waals surface area contributed by atoms with Gasteiger partial charge in [-0.05, 0) is 12.1 Å². The van der Waals surface area contributed by atoms with Crippen LogP contribution in [0.15, 0.2) is 33.9 Å². The van der Waals surface area contributed by atoms with E-state index in [1.807, 2.05) is 0 Å². The molecule has 0 spiro atoms. The second kappa shape index (κ2) is 5.21. The van der Waals surface area contributed by atoms with Crippen molar-refractivity contribution in [3.8, 4) is 0 Å². The lowest BCUT2D eigenvalue weighted by molar-refractivity contribution is 0.149. The average Bonchev–Trinajstić information content (AvgIpc) is 2.55. The Balaban J connectivity index is 2.26. The molecule has 0 saturated carbocycles. The first kappa shape index (κ1) is 10.5. The number of rotatable bonds is 5. The summed E-state index contributed by atoms with van der Waals surface area (Å²) in [4.78, 5) is 0. The molecule has 1 aromatic rings. The van der Waals surface area contributed by atoms with Gasteiger partial charge in [0.05, 0.1) is 6.26 Å². The summed E-state index contributed by atoms with van der Waals surface area (Å²) in [5.74, 6) is 0.577. The van der Waals surface area contributed by atoms with Gasteiger partial charge in [0.2, 0.25) is 0 Å². The molecule has 1 rings (SSSR count). The van der Waals surface area contributed by atoms with Gasteiger partial charge in [-0.2, -0.15) is 0 Å². The van der Waals surface area contributed by atoms with Crippen molar-refractivity contribution in [1.82, 2.24) is 5.32 Å². The molecule has 3 nitrogen and oxygen atoms in total. The van der Waals surface area contributed by atoms with Crippen molar-refractivity contribution in [2.24, 2.45) is 0 Å². The maximum Gasteiger partial charge on any atom is 0.133 e. The molecule has 0 aliphatic heterocycles. The molecule has 0 bridgehead atoms. The van der Waals surface area contributed by atoms with Gasteiger partial charge in [0.25, 0.3) is 0 Å². The van der Waals surface area contributed by atoms with Gasteiger partial charge in [-0.25, -0.2) is 0 Å². The molecule has 0 fully saturated rings.